The molecule has 4 nitrogen and oxygen atoms in total. The number of ether oxygens (including phenoxy) is 1. The van der Waals surface area contributed by atoms with Crippen LogP contribution in [0.3, 0.4) is 0 Å². The van der Waals surface area contributed by atoms with E-state index in [9.17, 15) is 0 Å². The lowest BCUT2D eigenvalue weighted by Gasteiger charge is -2.32. The first-order chi connectivity index (χ1) is 10.8. The van der Waals surface area contributed by atoms with E-state index in [0.717, 1.165) is 37.8 Å². The topological polar surface area (TPSA) is 45.7 Å². The summed E-state index contributed by atoms with van der Waals surface area (Å²) in [6, 6.07) is 10.5. The Bertz CT molecular complexity index is 452. The second kappa shape index (κ2) is 9.74. The van der Waals surface area contributed by atoms with E-state index in [1.807, 2.05) is 18.8 Å². The molecule has 2 rings (SSSR count). The van der Waals surface area contributed by atoms with Crippen molar-refractivity contribution in [1.29, 1.82) is 0 Å². The zero-order chi connectivity index (χ0) is 15.6. The number of thioether (sulfide) groups is 1. The van der Waals surface area contributed by atoms with Gasteiger partial charge in [0.2, 0.25) is 0 Å². The van der Waals surface area contributed by atoms with Crippen LogP contribution in [0, 0.1) is 5.92 Å². The molecule has 0 aromatic heterocycles. The maximum Gasteiger partial charge on any atom is 0.191 e. The van der Waals surface area contributed by atoms with Crippen LogP contribution in [0.5, 0.6) is 0 Å². The SMILES string of the molecule is CN=C(NCCSC)NCC1CCCOC1c1ccccc1. The number of guanidine groups is 1. The van der Waals surface area contributed by atoms with E-state index in [0.29, 0.717) is 5.92 Å². The van der Waals surface area contributed by atoms with E-state index in [2.05, 4.69) is 52.2 Å². The number of hydrogen-bond donors (Lipinski definition) is 2. The summed E-state index contributed by atoms with van der Waals surface area (Å²) in [4.78, 5) is 4.29. The third-order valence-corrected chi connectivity index (χ3v) is 4.54. The average molecular weight is 321 g/mol. The van der Waals surface area contributed by atoms with Gasteiger partial charge < -0.3 is 15.4 Å². The van der Waals surface area contributed by atoms with Crippen molar-refractivity contribution < 1.29 is 4.74 Å². The zero-order valence-corrected chi connectivity index (χ0v) is 14.4. The van der Waals surface area contributed by atoms with Crippen molar-refractivity contribution in [2.75, 3.05) is 38.8 Å². The van der Waals surface area contributed by atoms with E-state index in [1.165, 1.54) is 12.0 Å². The van der Waals surface area contributed by atoms with Crippen LogP contribution in [0.4, 0.5) is 0 Å². The lowest BCUT2D eigenvalue weighted by atomic mass is 9.89. The Kier molecular flexibility index (Phi) is 7.60. The molecule has 1 aliphatic rings. The molecule has 0 spiro atoms. The summed E-state index contributed by atoms with van der Waals surface area (Å²) in [6.07, 6.45) is 4.62. The summed E-state index contributed by atoms with van der Waals surface area (Å²) in [5.41, 5.74) is 1.28. The predicted octanol–water partition coefficient (Wildman–Crippen LogP) is 2.68. The van der Waals surface area contributed by atoms with Gasteiger partial charge in [0, 0.05) is 38.4 Å². The summed E-state index contributed by atoms with van der Waals surface area (Å²) in [6.45, 7) is 2.68. The highest BCUT2D eigenvalue weighted by Gasteiger charge is 2.27. The van der Waals surface area contributed by atoms with Gasteiger partial charge in [-0.25, -0.2) is 0 Å². The standard InChI is InChI=1S/C17H27N3OS/c1-18-17(19-10-12-22-2)20-13-15-9-6-11-21-16(15)14-7-4-3-5-8-14/h3-5,7-8,15-16H,6,9-13H2,1-2H3,(H2,18,19,20). The highest BCUT2D eigenvalue weighted by atomic mass is 32.2. The second-order valence-corrected chi connectivity index (χ2v) is 6.46. The summed E-state index contributed by atoms with van der Waals surface area (Å²) >= 11 is 1.83. The third kappa shape index (κ3) is 5.21. The summed E-state index contributed by atoms with van der Waals surface area (Å²) in [5, 5.41) is 6.79. The van der Waals surface area contributed by atoms with Gasteiger partial charge in [-0.15, -0.1) is 0 Å². The van der Waals surface area contributed by atoms with Gasteiger partial charge in [0.15, 0.2) is 5.96 Å². The fourth-order valence-corrected chi connectivity index (χ4v) is 3.09. The minimum atomic E-state index is 0.187. The molecule has 1 aliphatic heterocycles. The van der Waals surface area contributed by atoms with E-state index < -0.39 is 0 Å². The van der Waals surface area contributed by atoms with Crippen LogP contribution >= 0.6 is 11.8 Å². The molecule has 0 aliphatic carbocycles. The number of rotatable bonds is 6. The van der Waals surface area contributed by atoms with Crippen molar-refractivity contribution in [3.8, 4) is 0 Å². The molecule has 122 valence electrons. The molecule has 2 unspecified atom stereocenters. The maximum atomic E-state index is 6.04. The van der Waals surface area contributed by atoms with Crippen molar-refractivity contribution in [3.05, 3.63) is 35.9 Å². The number of benzene rings is 1. The summed E-state index contributed by atoms with van der Waals surface area (Å²) < 4.78 is 6.04. The van der Waals surface area contributed by atoms with Crippen molar-refractivity contribution in [2.24, 2.45) is 10.9 Å². The Balaban J connectivity index is 1.89. The number of hydrogen-bond acceptors (Lipinski definition) is 3. The van der Waals surface area contributed by atoms with Gasteiger partial charge >= 0.3 is 0 Å². The molecule has 5 heteroatoms. The van der Waals surface area contributed by atoms with Crippen LogP contribution in [-0.4, -0.2) is 44.7 Å². The summed E-state index contributed by atoms with van der Waals surface area (Å²) in [7, 11) is 1.82. The largest absolute Gasteiger partial charge is 0.373 e. The van der Waals surface area contributed by atoms with E-state index >= 15 is 0 Å². The molecule has 0 amide bonds. The van der Waals surface area contributed by atoms with E-state index in [1.54, 1.807) is 0 Å². The third-order valence-electron chi connectivity index (χ3n) is 3.93. The van der Waals surface area contributed by atoms with Crippen LogP contribution in [0.25, 0.3) is 0 Å². The van der Waals surface area contributed by atoms with Crippen LogP contribution in [0.15, 0.2) is 35.3 Å². The van der Waals surface area contributed by atoms with Crippen LogP contribution in [-0.2, 0) is 4.74 Å². The molecule has 22 heavy (non-hydrogen) atoms. The van der Waals surface area contributed by atoms with Gasteiger partial charge in [-0.1, -0.05) is 30.3 Å². The second-order valence-electron chi connectivity index (χ2n) is 5.48. The number of aliphatic imine (C=N–C) groups is 1. The van der Waals surface area contributed by atoms with Crippen molar-refractivity contribution in [3.63, 3.8) is 0 Å². The summed E-state index contributed by atoms with van der Waals surface area (Å²) in [5.74, 6) is 2.45. The fourth-order valence-electron chi connectivity index (χ4n) is 2.78. The Labute approximate surface area is 138 Å². The molecule has 1 saturated heterocycles. The van der Waals surface area contributed by atoms with Gasteiger partial charge in [0.1, 0.15) is 0 Å². The first-order valence-corrected chi connectivity index (χ1v) is 9.34. The molecule has 0 bridgehead atoms. The fraction of sp³-hybridized carbons (Fsp3) is 0.588. The molecule has 0 radical (unpaired) electrons. The first-order valence-electron chi connectivity index (χ1n) is 7.95. The monoisotopic (exact) mass is 321 g/mol. The van der Waals surface area contributed by atoms with Crippen LogP contribution < -0.4 is 10.6 Å². The van der Waals surface area contributed by atoms with Crippen molar-refractivity contribution in [1.82, 2.24) is 10.6 Å². The molecule has 1 aromatic carbocycles. The van der Waals surface area contributed by atoms with Crippen LogP contribution in [0.1, 0.15) is 24.5 Å². The maximum absolute atomic E-state index is 6.04. The lowest BCUT2D eigenvalue weighted by Crippen LogP contribution is -2.42. The average Bonchev–Trinajstić information content (AvgIpc) is 2.59. The van der Waals surface area contributed by atoms with Crippen molar-refractivity contribution in [2.45, 2.75) is 18.9 Å². The molecule has 2 atom stereocenters. The van der Waals surface area contributed by atoms with Crippen molar-refractivity contribution >= 4 is 17.7 Å². The Hall–Kier alpha value is -1.20. The lowest BCUT2D eigenvalue weighted by molar-refractivity contribution is -0.0265. The number of nitrogens with zero attached hydrogens (tertiary/aromatic N) is 1. The highest BCUT2D eigenvalue weighted by molar-refractivity contribution is 7.98. The Morgan fingerprint density at radius 3 is 2.86 bits per heavy atom. The first kappa shape index (κ1) is 17.2. The number of nitrogens with one attached hydrogen (secondary N) is 2. The molecule has 1 aromatic rings. The minimum Gasteiger partial charge on any atom is -0.373 e. The normalized spacial score (nSPS) is 22.4. The molecule has 1 fully saturated rings. The quantitative estimate of drug-likeness (QED) is 0.480. The smallest absolute Gasteiger partial charge is 0.191 e. The molecule has 1 heterocycles. The molecular formula is C17H27N3OS. The van der Waals surface area contributed by atoms with Crippen LogP contribution in [0.2, 0.25) is 0 Å². The van der Waals surface area contributed by atoms with E-state index in [4.69, 9.17) is 4.74 Å². The van der Waals surface area contributed by atoms with Gasteiger partial charge in [-0.3, -0.25) is 4.99 Å². The molecular weight excluding hydrogens is 294 g/mol. The van der Waals surface area contributed by atoms with Gasteiger partial charge in [-0.05, 0) is 24.7 Å². The molecule has 2 N–H and O–H groups in total. The van der Waals surface area contributed by atoms with Gasteiger partial charge in [0.05, 0.1) is 6.10 Å². The molecule has 0 saturated carbocycles. The van der Waals surface area contributed by atoms with Gasteiger partial charge in [-0.2, -0.15) is 11.8 Å². The van der Waals surface area contributed by atoms with E-state index in [-0.39, 0.29) is 6.10 Å². The Morgan fingerprint density at radius 1 is 1.32 bits per heavy atom. The highest BCUT2D eigenvalue weighted by Crippen LogP contribution is 2.32. The van der Waals surface area contributed by atoms with Gasteiger partial charge in [0.25, 0.3) is 0 Å². The Morgan fingerprint density at radius 2 is 2.14 bits per heavy atom. The minimum absolute atomic E-state index is 0.187. The zero-order valence-electron chi connectivity index (χ0n) is 13.5. The predicted molar refractivity (Wildman–Crippen MR) is 95.6 cm³/mol.